The molecule has 1 aromatic carbocycles. The van der Waals surface area contributed by atoms with Crippen molar-refractivity contribution in [3.05, 3.63) is 61.2 Å². The van der Waals surface area contributed by atoms with Crippen molar-refractivity contribution < 1.29 is 24.2 Å². The zero-order valence-corrected chi connectivity index (χ0v) is 27.5. The molecule has 43 heavy (non-hydrogen) atoms. The van der Waals surface area contributed by atoms with Crippen LogP contribution in [0.25, 0.3) is 0 Å². The predicted octanol–water partition coefficient (Wildman–Crippen LogP) is 4.56. The second-order valence-electron chi connectivity index (χ2n) is 12.6. The SMILES string of the molecule is C=CCN(CCCCC)C(=O)C1N([C@@H](CO)CC(C)C)C(=O)[C@@H]2[C@H](C(=O)N(CC=C)Cc3ccccc3)[C@H]3OC12CC3Br. The first kappa shape index (κ1) is 33.4. The van der Waals surface area contributed by atoms with E-state index in [1.54, 1.807) is 26.9 Å². The maximum Gasteiger partial charge on any atom is 0.248 e. The summed E-state index contributed by atoms with van der Waals surface area (Å²) in [5, 5.41) is 10.6. The van der Waals surface area contributed by atoms with E-state index in [1.807, 2.05) is 44.2 Å². The summed E-state index contributed by atoms with van der Waals surface area (Å²) in [6.45, 7) is 15.3. The summed E-state index contributed by atoms with van der Waals surface area (Å²) < 4.78 is 6.76. The Bertz CT molecular complexity index is 1160. The lowest BCUT2D eigenvalue weighted by atomic mass is 9.70. The van der Waals surface area contributed by atoms with E-state index >= 15 is 0 Å². The van der Waals surface area contributed by atoms with Gasteiger partial charge in [0.15, 0.2) is 0 Å². The van der Waals surface area contributed by atoms with Gasteiger partial charge in [0.05, 0.1) is 30.6 Å². The molecule has 9 heteroatoms. The molecule has 3 aliphatic rings. The van der Waals surface area contributed by atoms with Gasteiger partial charge in [-0.15, -0.1) is 13.2 Å². The van der Waals surface area contributed by atoms with Crippen LogP contribution in [0.2, 0.25) is 0 Å². The number of nitrogens with zero attached hydrogens (tertiary/aromatic N) is 3. The lowest BCUT2D eigenvalue weighted by molar-refractivity contribution is -0.152. The molecule has 0 saturated carbocycles. The summed E-state index contributed by atoms with van der Waals surface area (Å²) in [6.07, 6.45) is 6.65. The van der Waals surface area contributed by atoms with Crippen LogP contribution in [-0.4, -0.2) is 92.4 Å². The van der Waals surface area contributed by atoms with Gasteiger partial charge in [0.1, 0.15) is 11.6 Å². The number of halogens is 1. The lowest BCUT2D eigenvalue weighted by Crippen LogP contribution is -2.59. The van der Waals surface area contributed by atoms with Crippen LogP contribution in [0, 0.1) is 17.8 Å². The molecule has 0 aromatic heterocycles. The lowest BCUT2D eigenvalue weighted by Gasteiger charge is -2.40. The molecule has 3 amide bonds. The molecule has 7 atom stereocenters. The molecule has 1 N–H and O–H groups in total. The van der Waals surface area contributed by atoms with Crippen LogP contribution in [0.3, 0.4) is 0 Å². The Kier molecular flexibility index (Phi) is 11.3. The van der Waals surface area contributed by atoms with Crippen molar-refractivity contribution in [1.82, 2.24) is 14.7 Å². The second-order valence-corrected chi connectivity index (χ2v) is 13.8. The maximum atomic E-state index is 14.6. The molecule has 8 nitrogen and oxygen atoms in total. The quantitative estimate of drug-likeness (QED) is 0.160. The number of alkyl halides is 1. The van der Waals surface area contributed by atoms with Crippen molar-refractivity contribution in [3.8, 4) is 0 Å². The molecule has 1 aromatic rings. The molecule has 3 heterocycles. The molecule has 4 rings (SSSR count). The van der Waals surface area contributed by atoms with Gasteiger partial charge in [0, 0.05) is 31.0 Å². The van der Waals surface area contributed by atoms with E-state index in [2.05, 4.69) is 36.0 Å². The number of fused-ring (bicyclic) bond motifs is 1. The van der Waals surface area contributed by atoms with Gasteiger partial charge in [0.2, 0.25) is 17.7 Å². The summed E-state index contributed by atoms with van der Waals surface area (Å²) in [6, 6.07) is 8.24. The summed E-state index contributed by atoms with van der Waals surface area (Å²) in [4.78, 5) is 48.5. The Morgan fingerprint density at radius 3 is 2.42 bits per heavy atom. The van der Waals surface area contributed by atoms with Crippen LogP contribution in [0.4, 0.5) is 0 Å². The van der Waals surface area contributed by atoms with Gasteiger partial charge >= 0.3 is 0 Å². The van der Waals surface area contributed by atoms with Gasteiger partial charge in [-0.05, 0) is 30.7 Å². The van der Waals surface area contributed by atoms with Crippen molar-refractivity contribution in [3.63, 3.8) is 0 Å². The number of amides is 3. The Morgan fingerprint density at radius 2 is 1.81 bits per heavy atom. The third kappa shape index (κ3) is 6.50. The molecule has 1 spiro atoms. The van der Waals surface area contributed by atoms with Gasteiger partial charge < -0.3 is 24.5 Å². The molecule has 3 saturated heterocycles. The first-order valence-electron chi connectivity index (χ1n) is 15.7. The van der Waals surface area contributed by atoms with Gasteiger partial charge in [-0.3, -0.25) is 14.4 Å². The van der Waals surface area contributed by atoms with Gasteiger partial charge in [-0.1, -0.05) is 92.0 Å². The van der Waals surface area contributed by atoms with E-state index in [0.717, 1.165) is 24.8 Å². The highest BCUT2D eigenvalue weighted by Gasteiger charge is 2.77. The highest BCUT2D eigenvalue weighted by Crippen LogP contribution is 2.61. The number of hydrogen-bond acceptors (Lipinski definition) is 5. The highest BCUT2D eigenvalue weighted by atomic mass is 79.9. The summed E-state index contributed by atoms with van der Waals surface area (Å²) >= 11 is 3.78. The Hall–Kier alpha value is -2.49. The predicted molar refractivity (Wildman–Crippen MR) is 171 cm³/mol. The number of likely N-dealkylation sites (tertiary alicyclic amines) is 1. The van der Waals surface area contributed by atoms with E-state index in [1.165, 1.54) is 0 Å². The van der Waals surface area contributed by atoms with Crippen molar-refractivity contribution in [2.45, 2.75) is 88.0 Å². The van der Waals surface area contributed by atoms with Gasteiger partial charge in [-0.25, -0.2) is 0 Å². The number of hydrogen-bond donors (Lipinski definition) is 1. The number of ether oxygens (including phenoxy) is 1. The normalized spacial score (nSPS) is 28.2. The van der Waals surface area contributed by atoms with Crippen molar-refractivity contribution in [1.29, 1.82) is 0 Å². The summed E-state index contributed by atoms with van der Waals surface area (Å²) in [5.74, 6) is -2.06. The Balaban J connectivity index is 1.77. The van der Waals surface area contributed by atoms with Gasteiger partial charge in [-0.2, -0.15) is 0 Å². The molecular formula is C34H48BrN3O5. The number of rotatable bonds is 16. The van der Waals surface area contributed by atoms with Crippen LogP contribution < -0.4 is 0 Å². The third-order valence-corrected chi connectivity index (χ3v) is 10.0. The van der Waals surface area contributed by atoms with E-state index in [0.29, 0.717) is 39.0 Å². The van der Waals surface area contributed by atoms with Crippen LogP contribution in [-0.2, 0) is 25.7 Å². The fourth-order valence-electron chi connectivity index (χ4n) is 7.42. The standard InChI is InChI=1S/C34H48BrN3O5/c1-6-9-13-18-36(16-7-2)33(42)30-34-20-26(35)29(43-34)27(28(34)32(41)38(30)25(22-39)19-23(4)5)31(40)37(17-8-3)21-24-14-11-10-12-15-24/h7-8,10-12,14-15,23,25-30,39H,2-3,6,9,13,16-22H2,1,4-5H3/t25-,26?,27+,28+,29+,30?,34?/m1/s1. The molecule has 3 unspecified atom stereocenters. The van der Waals surface area contributed by atoms with E-state index < -0.39 is 35.6 Å². The average Bonchev–Trinajstić information content (AvgIpc) is 3.58. The molecule has 3 fully saturated rings. The molecule has 0 aliphatic carbocycles. The second kappa shape index (κ2) is 14.5. The van der Waals surface area contributed by atoms with Crippen molar-refractivity contribution in [2.75, 3.05) is 26.2 Å². The number of carbonyl (C=O) groups excluding carboxylic acids is 3. The van der Waals surface area contributed by atoms with Crippen molar-refractivity contribution >= 4 is 33.7 Å². The van der Waals surface area contributed by atoms with E-state index in [4.69, 9.17) is 4.74 Å². The number of benzene rings is 1. The fourth-order valence-corrected chi connectivity index (χ4v) is 8.36. The zero-order chi connectivity index (χ0) is 31.3. The number of unbranched alkanes of at least 4 members (excludes halogenated alkanes) is 2. The monoisotopic (exact) mass is 657 g/mol. The summed E-state index contributed by atoms with van der Waals surface area (Å²) in [7, 11) is 0. The molecule has 236 valence electrons. The highest BCUT2D eigenvalue weighted by molar-refractivity contribution is 9.09. The van der Waals surface area contributed by atoms with Crippen LogP contribution >= 0.6 is 15.9 Å². The van der Waals surface area contributed by atoms with Gasteiger partial charge in [0.25, 0.3) is 0 Å². The average molecular weight is 659 g/mol. The van der Waals surface area contributed by atoms with Crippen molar-refractivity contribution in [2.24, 2.45) is 17.8 Å². The minimum absolute atomic E-state index is 0.179. The zero-order valence-electron chi connectivity index (χ0n) is 25.9. The topological polar surface area (TPSA) is 90.4 Å². The largest absolute Gasteiger partial charge is 0.394 e. The first-order valence-corrected chi connectivity index (χ1v) is 16.6. The third-order valence-electron chi connectivity index (χ3n) is 9.16. The van der Waals surface area contributed by atoms with Crippen LogP contribution in [0.5, 0.6) is 0 Å². The molecule has 0 radical (unpaired) electrons. The molecule has 3 aliphatic heterocycles. The minimum atomic E-state index is -1.17. The fraction of sp³-hybridized carbons (Fsp3) is 0.618. The Morgan fingerprint density at radius 1 is 1.14 bits per heavy atom. The Labute approximate surface area is 265 Å². The minimum Gasteiger partial charge on any atom is -0.394 e. The van der Waals surface area contributed by atoms with Crippen LogP contribution in [0.1, 0.15) is 58.4 Å². The first-order chi connectivity index (χ1) is 20.6. The smallest absolute Gasteiger partial charge is 0.248 e. The number of aliphatic hydroxyl groups is 1. The van der Waals surface area contributed by atoms with E-state index in [-0.39, 0.29) is 35.1 Å². The maximum absolute atomic E-state index is 14.6. The van der Waals surface area contributed by atoms with E-state index in [9.17, 15) is 19.5 Å². The summed E-state index contributed by atoms with van der Waals surface area (Å²) in [5.41, 5.74) is -0.196. The number of aliphatic hydroxyl groups excluding tert-OH is 1. The molecular weight excluding hydrogens is 610 g/mol. The van der Waals surface area contributed by atoms with Crippen LogP contribution in [0.15, 0.2) is 55.6 Å². The number of carbonyl (C=O) groups is 3. The molecule has 2 bridgehead atoms.